The van der Waals surface area contributed by atoms with E-state index in [1.54, 1.807) is 6.20 Å². The summed E-state index contributed by atoms with van der Waals surface area (Å²) in [5, 5.41) is 7.50. The zero-order chi connectivity index (χ0) is 22.9. The lowest BCUT2D eigenvalue weighted by atomic mass is 9.92. The number of sulfonamides is 1. The van der Waals surface area contributed by atoms with Crippen molar-refractivity contribution in [2.24, 2.45) is 0 Å². The molecule has 1 aromatic heterocycles. The monoisotopic (exact) mass is 456 g/mol. The predicted molar refractivity (Wildman–Crippen MR) is 118 cm³/mol. The lowest BCUT2D eigenvalue weighted by Gasteiger charge is -2.24. The number of benzene rings is 2. The van der Waals surface area contributed by atoms with Crippen molar-refractivity contribution < 1.29 is 17.6 Å². The molecule has 9 heteroatoms. The highest BCUT2D eigenvalue weighted by Gasteiger charge is 2.27. The fourth-order valence-electron chi connectivity index (χ4n) is 3.94. The van der Waals surface area contributed by atoms with E-state index in [0.717, 1.165) is 52.5 Å². The topological polar surface area (TPSA) is 84.3 Å². The van der Waals surface area contributed by atoms with Crippen LogP contribution >= 0.6 is 0 Å². The summed E-state index contributed by atoms with van der Waals surface area (Å²) in [5.41, 5.74) is 3.28. The number of rotatable bonds is 6. The average molecular weight is 457 g/mol. The molecule has 1 amide bonds. The standard InChI is InChI=1S/C23H25FN4O3S/c1-27(2)32(30,31)22-13-17(11-12-19(22)24)23(29)26-20-9-6-10-21-18(20)14-25-28(21)15-16-7-4-3-5-8-16/h3-5,7-8,11-14,20H,6,9-10,15H2,1-2H3,(H,26,29). The summed E-state index contributed by atoms with van der Waals surface area (Å²) in [5.74, 6) is -1.34. The van der Waals surface area contributed by atoms with Gasteiger partial charge in [0.05, 0.1) is 18.8 Å². The number of hydrogen-bond acceptors (Lipinski definition) is 4. The quantitative estimate of drug-likeness (QED) is 0.618. The molecule has 3 aromatic rings. The lowest BCUT2D eigenvalue weighted by molar-refractivity contribution is 0.0932. The van der Waals surface area contributed by atoms with Crippen molar-refractivity contribution in [2.45, 2.75) is 36.7 Å². The zero-order valence-electron chi connectivity index (χ0n) is 18.0. The van der Waals surface area contributed by atoms with Crippen LogP contribution in [-0.2, 0) is 23.0 Å². The number of halogens is 1. The highest BCUT2D eigenvalue weighted by Crippen LogP contribution is 2.30. The third-order valence-electron chi connectivity index (χ3n) is 5.70. The van der Waals surface area contributed by atoms with Crippen LogP contribution in [0.4, 0.5) is 4.39 Å². The van der Waals surface area contributed by atoms with Crippen LogP contribution in [0.5, 0.6) is 0 Å². The van der Waals surface area contributed by atoms with Gasteiger partial charge in [-0.05, 0) is 43.0 Å². The number of aromatic nitrogens is 2. The molecule has 32 heavy (non-hydrogen) atoms. The van der Waals surface area contributed by atoms with Crippen LogP contribution in [0, 0.1) is 5.82 Å². The van der Waals surface area contributed by atoms with E-state index in [9.17, 15) is 17.6 Å². The number of carbonyl (C=O) groups is 1. The molecule has 168 valence electrons. The summed E-state index contributed by atoms with van der Waals surface area (Å²) in [6, 6.07) is 13.2. The molecule has 1 N–H and O–H groups in total. The maximum atomic E-state index is 14.2. The third kappa shape index (κ3) is 4.31. The highest BCUT2D eigenvalue weighted by molar-refractivity contribution is 7.89. The largest absolute Gasteiger partial charge is 0.345 e. The Hall–Kier alpha value is -3.04. The average Bonchev–Trinajstić information content (AvgIpc) is 3.18. The summed E-state index contributed by atoms with van der Waals surface area (Å²) >= 11 is 0. The van der Waals surface area contributed by atoms with Crippen molar-refractivity contribution in [1.29, 1.82) is 0 Å². The maximum absolute atomic E-state index is 14.2. The van der Waals surface area contributed by atoms with E-state index in [4.69, 9.17) is 0 Å². The summed E-state index contributed by atoms with van der Waals surface area (Å²) < 4.78 is 41.8. The van der Waals surface area contributed by atoms with Crippen LogP contribution in [0.25, 0.3) is 0 Å². The van der Waals surface area contributed by atoms with Crippen LogP contribution in [0.15, 0.2) is 59.6 Å². The Morgan fingerprint density at radius 1 is 1.22 bits per heavy atom. The van der Waals surface area contributed by atoms with Crippen molar-refractivity contribution in [3.05, 3.63) is 82.9 Å². The van der Waals surface area contributed by atoms with Gasteiger partial charge in [-0.15, -0.1) is 0 Å². The highest BCUT2D eigenvalue weighted by atomic mass is 32.2. The minimum absolute atomic E-state index is 0.0932. The Labute approximate surface area is 186 Å². The van der Waals surface area contributed by atoms with E-state index < -0.39 is 26.6 Å². The van der Waals surface area contributed by atoms with Gasteiger partial charge in [-0.25, -0.2) is 17.1 Å². The molecule has 0 spiro atoms. The summed E-state index contributed by atoms with van der Waals surface area (Å²) in [6.45, 7) is 0.653. The molecule has 1 heterocycles. The second-order valence-corrected chi connectivity index (χ2v) is 10.2. The zero-order valence-corrected chi connectivity index (χ0v) is 18.8. The maximum Gasteiger partial charge on any atom is 0.251 e. The fraction of sp³-hybridized carbons (Fsp3) is 0.304. The van der Waals surface area contributed by atoms with Gasteiger partial charge in [0.2, 0.25) is 10.0 Å². The van der Waals surface area contributed by atoms with Crippen molar-refractivity contribution in [3.8, 4) is 0 Å². The summed E-state index contributed by atoms with van der Waals surface area (Å²) in [4.78, 5) is 12.4. The first-order chi connectivity index (χ1) is 15.3. The van der Waals surface area contributed by atoms with Gasteiger partial charge in [0.25, 0.3) is 5.91 Å². The number of nitrogens with one attached hydrogen (secondary N) is 1. The molecule has 1 aliphatic rings. The number of hydrogen-bond donors (Lipinski definition) is 1. The molecule has 0 bridgehead atoms. The molecule has 0 saturated heterocycles. The summed E-state index contributed by atoms with van der Waals surface area (Å²) in [7, 11) is -1.37. The Bertz CT molecular complexity index is 1240. The second-order valence-electron chi connectivity index (χ2n) is 8.04. The molecule has 2 aromatic carbocycles. The Balaban J connectivity index is 1.56. The molecule has 0 saturated carbocycles. The number of carbonyl (C=O) groups excluding carboxylic acids is 1. The van der Waals surface area contributed by atoms with Crippen molar-refractivity contribution >= 4 is 15.9 Å². The van der Waals surface area contributed by atoms with E-state index in [-0.39, 0.29) is 11.6 Å². The molecule has 7 nitrogen and oxygen atoms in total. The first kappa shape index (κ1) is 22.2. The van der Waals surface area contributed by atoms with Crippen molar-refractivity contribution in [2.75, 3.05) is 14.1 Å². The predicted octanol–water partition coefficient (Wildman–Crippen LogP) is 3.13. The van der Waals surface area contributed by atoms with Gasteiger partial charge in [-0.3, -0.25) is 9.48 Å². The lowest BCUT2D eigenvalue weighted by Crippen LogP contribution is -2.31. The van der Waals surface area contributed by atoms with Crippen LogP contribution in [0.1, 0.15) is 46.1 Å². The first-order valence-corrected chi connectivity index (χ1v) is 11.8. The van der Waals surface area contributed by atoms with Gasteiger partial charge in [0.1, 0.15) is 10.7 Å². The van der Waals surface area contributed by atoms with Crippen LogP contribution in [0.3, 0.4) is 0 Å². The minimum Gasteiger partial charge on any atom is -0.345 e. The van der Waals surface area contributed by atoms with Gasteiger partial charge in [0.15, 0.2) is 0 Å². The van der Waals surface area contributed by atoms with Crippen molar-refractivity contribution in [1.82, 2.24) is 19.4 Å². The fourth-order valence-corrected chi connectivity index (χ4v) is 4.93. The Morgan fingerprint density at radius 3 is 2.69 bits per heavy atom. The molecular formula is C23H25FN4O3S. The van der Waals surface area contributed by atoms with Crippen LogP contribution < -0.4 is 5.32 Å². The van der Waals surface area contributed by atoms with Crippen LogP contribution in [0.2, 0.25) is 0 Å². The molecule has 1 unspecified atom stereocenters. The normalized spacial score (nSPS) is 16.1. The summed E-state index contributed by atoms with van der Waals surface area (Å²) in [6.07, 6.45) is 4.30. The van der Waals surface area contributed by atoms with Gasteiger partial charge < -0.3 is 5.32 Å². The number of amides is 1. The molecule has 1 atom stereocenters. The minimum atomic E-state index is -4.01. The van der Waals surface area contributed by atoms with Gasteiger partial charge >= 0.3 is 0 Å². The molecule has 0 aliphatic heterocycles. The number of nitrogens with zero attached hydrogens (tertiary/aromatic N) is 3. The Kier molecular flexibility index (Phi) is 6.12. The van der Waals surface area contributed by atoms with Gasteiger partial charge in [-0.1, -0.05) is 30.3 Å². The van der Waals surface area contributed by atoms with Crippen LogP contribution in [-0.4, -0.2) is 42.5 Å². The molecule has 0 fully saturated rings. The van der Waals surface area contributed by atoms with Gasteiger partial charge in [0, 0.05) is 30.9 Å². The molecule has 0 radical (unpaired) electrons. The third-order valence-corrected chi connectivity index (χ3v) is 7.53. The van der Waals surface area contributed by atoms with E-state index in [2.05, 4.69) is 10.4 Å². The molecule has 1 aliphatic carbocycles. The molecular weight excluding hydrogens is 431 g/mol. The Morgan fingerprint density at radius 2 is 1.97 bits per heavy atom. The van der Waals surface area contributed by atoms with E-state index in [0.29, 0.717) is 6.54 Å². The van der Waals surface area contributed by atoms with Gasteiger partial charge in [-0.2, -0.15) is 5.10 Å². The van der Waals surface area contributed by atoms with E-state index in [1.807, 2.05) is 35.0 Å². The first-order valence-electron chi connectivity index (χ1n) is 10.4. The van der Waals surface area contributed by atoms with Crippen molar-refractivity contribution in [3.63, 3.8) is 0 Å². The number of fused-ring (bicyclic) bond motifs is 1. The van der Waals surface area contributed by atoms with E-state index >= 15 is 0 Å². The second kappa shape index (κ2) is 8.84. The smallest absolute Gasteiger partial charge is 0.251 e. The van der Waals surface area contributed by atoms with E-state index in [1.165, 1.54) is 20.2 Å². The SMILES string of the molecule is CN(C)S(=O)(=O)c1cc(C(=O)NC2CCCc3c2cnn3Cc2ccccc2)ccc1F. The molecule has 4 rings (SSSR count).